The van der Waals surface area contributed by atoms with Gasteiger partial charge in [0.05, 0.1) is 6.61 Å². The Kier molecular flexibility index (Phi) is 7.96. The highest BCUT2D eigenvalue weighted by Crippen LogP contribution is 2.31. The monoisotopic (exact) mass is 397 g/mol. The molecule has 1 aromatic carbocycles. The average Bonchev–Trinajstić information content (AvgIpc) is 3.21. The molecule has 1 fully saturated rings. The number of hydrogen-bond donors (Lipinski definition) is 0. The van der Waals surface area contributed by atoms with E-state index in [0.29, 0.717) is 24.7 Å². The number of hydrogen-bond acceptors (Lipinski definition) is 4. The topological polar surface area (TPSA) is 39.2 Å². The van der Waals surface area contributed by atoms with Crippen molar-refractivity contribution in [3.8, 4) is 5.75 Å². The maximum absolute atomic E-state index is 12.7. The number of rotatable bonds is 10. The van der Waals surface area contributed by atoms with Crippen molar-refractivity contribution in [1.82, 2.24) is 4.98 Å². The van der Waals surface area contributed by atoms with Crippen molar-refractivity contribution >= 4 is 17.5 Å². The van der Waals surface area contributed by atoms with E-state index in [-0.39, 0.29) is 0 Å². The molecule has 28 heavy (non-hydrogen) atoms. The third-order valence-electron chi connectivity index (χ3n) is 5.70. The minimum atomic E-state index is 0.298. The smallest absolute Gasteiger partial charge is 0.163 e. The zero-order valence-electron chi connectivity index (χ0n) is 17.1. The van der Waals surface area contributed by atoms with Crippen molar-refractivity contribution < 1.29 is 9.53 Å². The first-order chi connectivity index (χ1) is 13.6. The van der Waals surface area contributed by atoms with Crippen LogP contribution in [0.1, 0.15) is 66.4 Å². The van der Waals surface area contributed by atoms with Crippen LogP contribution in [0.4, 0.5) is 0 Å². The van der Waals surface area contributed by atoms with Crippen LogP contribution in [0.5, 0.6) is 5.75 Å². The summed E-state index contributed by atoms with van der Waals surface area (Å²) in [7, 11) is 0. The molecule has 3 nitrogen and oxygen atoms in total. The van der Waals surface area contributed by atoms with E-state index >= 15 is 0 Å². The largest absolute Gasteiger partial charge is 0.493 e. The summed E-state index contributed by atoms with van der Waals surface area (Å²) in [4.78, 5) is 18.0. The summed E-state index contributed by atoms with van der Waals surface area (Å²) in [5.74, 6) is 2.89. The minimum Gasteiger partial charge on any atom is -0.493 e. The normalized spacial score (nSPS) is 14.4. The lowest BCUT2D eigenvalue weighted by molar-refractivity contribution is 0.0961. The molecular formula is C24H31NO2S. The SMILES string of the molecule is Cc1c(OCCCCSc2ccncc2)ccc(C(=O)CC2CCCC2)c1C. The summed E-state index contributed by atoms with van der Waals surface area (Å²) in [6.07, 6.45) is 11.5. The molecule has 1 saturated carbocycles. The van der Waals surface area contributed by atoms with Gasteiger partial charge in [-0.15, -0.1) is 11.8 Å². The number of Topliss-reactive ketones (excluding diaryl/α,β-unsaturated/α-hetero) is 1. The van der Waals surface area contributed by atoms with Gasteiger partial charge in [-0.05, 0) is 73.8 Å². The van der Waals surface area contributed by atoms with Gasteiger partial charge < -0.3 is 4.74 Å². The van der Waals surface area contributed by atoms with Gasteiger partial charge in [0.25, 0.3) is 0 Å². The van der Waals surface area contributed by atoms with E-state index in [2.05, 4.69) is 18.8 Å². The quantitative estimate of drug-likeness (QED) is 0.264. The Morgan fingerprint density at radius 3 is 2.57 bits per heavy atom. The van der Waals surface area contributed by atoms with Crippen molar-refractivity contribution in [2.45, 2.75) is 63.7 Å². The van der Waals surface area contributed by atoms with E-state index in [9.17, 15) is 4.79 Å². The minimum absolute atomic E-state index is 0.298. The lowest BCUT2D eigenvalue weighted by Gasteiger charge is -2.15. The van der Waals surface area contributed by atoms with Crippen LogP contribution in [0.15, 0.2) is 41.6 Å². The fraction of sp³-hybridized carbons (Fsp3) is 0.500. The van der Waals surface area contributed by atoms with Crippen molar-refractivity contribution in [3.05, 3.63) is 53.3 Å². The Labute approximate surface area is 173 Å². The number of unbranched alkanes of at least 4 members (excludes halogenated alkanes) is 1. The van der Waals surface area contributed by atoms with Crippen LogP contribution in [-0.4, -0.2) is 23.1 Å². The number of carbonyl (C=O) groups is 1. The maximum atomic E-state index is 12.7. The third kappa shape index (κ3) is 5.84. The molecule has 1 aromatic heterocycles. The lowest BCUT2D eigenvalue weighted by atomic mass is 9.92. The number of aromatic nitrogens is 1. The molecule has 0 unspecified atom stereocenters. The molecule has 2 aromatic rings. The Balaban J connectivity index is 1.44. The molecule has 0 saturated heterocycles. The molecular weight excluding hydrogens is 366 g/mol. The Hall–Kier alpha value is -1.81. The van der Waals surface area contributed by atoms with Gasteiger partial charge in [0.1, 0.15) is 5.75 Å². The van der Waals surface area contributed by atoms with Crippen molar-refractivity contribution in [1.29, 1.82) is 0 Å². The molecule has 1 heterocycles. The average molecular weight is 398 g/mol. The maximum Gasteiger partial charge on any atom is 0.163 e. The predicted octanol–water partition coefficient (Wildman–Crippen LogP) is 6.41. The highest BCUT2D eigenvalue weighted by Gasteiger charge is 2.21. The fourth-order valence-corrected chi connectivity index (χ4v) is 4.75. The summed E-state index contributed by atoms with van der Waals surface area (Å²) in [6, 6.07) is 8.04. The standard InChI is InChI=1S/C24H31NO2S/c1-18-19(2)24(10-9-22(18)23(26)17-20-7-3-4-8-20)27-15-5-6-16-28-21-11-13-25-14-12-21/h9-14,20H,3-8,15-17H2,1-2H3. The zero-order chi connectivity index (χ0) is 19.8. The number of benzene rings is 1. The van der Waals surface area contributed by atoms with E-state index in [4.69, 9.17) is 4.74 Å². The van der Waals surface area contributed by atoms with E-state index in [0.717, 1.165) is 41.0 Å². The van der Waals surface area contributed by atoms with Crippen molar-refractivity contribution in [3.63, 3.8) is 0 Å². The summed E-state index contributed by atoms with van der Waals surface area (Å²) >= 11 is 1.86. The lowest BCUT2D eigenvalue weighted by Crippen LogP contribution is -2.09. The van der Waals surface area contributed by atoms with Crippen LogP contribution in [0.25, 0.3) is 0 Å². The van der Waals surface area contributed by atoms with Crippen LogP contribution >= 0.6 is 11.8 Å². The first-order valence-electron chi connectivity index (χ1n) is 10.4. The highest BCUT2D eigenvalue weighted by molar-refractivity contribution is 7.99. The van der Waals surface area contributed by atoms with Gasteiger partial charge in [0.2, 0.25) is 0 Å². The molecule has 0 N–H and O–H groups in total. The molecule has 150 valence electrons. The number of pyridine rings is 1. The molecule has 3 rings (SSSR count). The van der Waals surface area contributed by atoms with Gasteiger partial charge in [0.15, 0.2) is 5.78 Å². The van der Waals surface area contributed by atoms with Gasteiger partial charge in [-0.3, -0.25) is 9.78 Å². The van der Waals surface area contributed by atoms with Crippen molar-refractivity contribution in [2.75, 3.05) is 12.4 Å². The Bertz CT molecular complexity index is 770. The summed E-state index contributed by atoms with van der Waals surface area (Å²) in [5.41, 5.74) is 3.06. The van der Waals surface area contributed by atoms with Crippen molar-refractivity contribution in [2.24, 2.45) is 5.92 Å². The first-order valence-corrected chi connectivity index (χ1v) is 11.4. The third-order valence-corrected chi connectivity index (χ3v) is 6.80. The fourth-order valence-electron chi connectivity index (χ4n) is 3.85. The highest BCUT2D eigenvalue weighted by atomic mass is 32.2. The van der Waals surface area contributed by atoms with Crippen LogP contribution in [0.2, 0.25) is 0 Å². The summed E-state index contributed by atoms with van der Waals surface area (Å²) in [6.45, 7) is 4.83. The van der Waals surface area contributed by atoms with Gasteiger partial charge >= 0.3 is 0 Å². The van der Waals surface area contributed by atoms with Gasteiger partial charge in [-0.1, -0.05) is 25.7 Å². The molecule has 0 amide bonds. The molecule has 4 heteroatoms. The van der Waals surface area contributed by atoms with Crippen LogP contribution in [0.3, 0.4) is 0 Å². The van der Waals surface area contributed by atoms with Gasteiger partial charge in [-0.25, -0.2) is 0 Å². The first kappa shape index (κ1) is 20.9. The van der Waals surface area contributed by atoms with Crippen LogP contribution < -0.4 is 4.74 Å². The van der Waals surface area contributed by atoms with E-state index < -0.39 is 0 Å². The molecule has 0 aliphatic heterocycles. The molecule has 0 atom stereocenters. The van der Waals surface area contributed by atoms with Crippen LogP contribution in [0, 0.1) is 19.8 Å². The van der Waals surface area contributed by atoms with Gasteiger partial charge in [0, 0.05) is 29.3 Å². The summed E-state index contributed by atoms with van der Waals surface area (Å²) < 4.78 is 6.01. The van der Waals surface area contributed by atoms with Gasteiger partial charge in [-0.2, -0.15) is 0 Å². The van der Waals surface area contributed by atoms with Crippen LogP contribution in [-0.2, 0) is 0 Å². The Morgan fingerprint density at radius 2 is 1.82 bits per heavy atom. The predicted molar refractivity (Wildman–Crippen MR) is 117 cm³/mol. The molecule has 0 bridgehead atoms. The second-order valence-corrected chi connectivity index (χ2v) is 8.89. The molecule has 1 aliphatic carbocycles. The number of carbonyl (C=O) groups excluding carboxylic acids is 1. The molecule has 0 radical (unpaired) electrons. The number of ketones is 1. The number of nitrogens with zero attached hydrogens (tertiary/aromatic N) is 1. The molecule has 0 spiro atoms. The second kappa shape index (κ2) is 10.7. The van der Waals surface area contributed by atoms with E-state index in [1.165, 1.54) is 30.6 Å². The Morgan fingerprint density at radius 1 is 1.07 bits per heavy atom. The second-order valence-electron chi connectivity index (χ2n) is 7.73. The van der Waals surface area contributed by atoms with E-state index in [1.807, 2.05) is 48.4 Å². The zero-order valence-corrected chi connectivity index (χ0v) is 17.9. The number of thioether (sulfide) groups is 1. The number of ether oxygens (including phenoxy) is 1. The molecule has 1 aliphatic rings. The summed E-state index contributed by atoms with van der Waals surface area (Å²) in [5, 5.41) is 0. The van der Waals surface area contributed by atoms with E-state index in [1.54, 1.807) is 0 Å².